The zero-order valence-electron chi connectivity index (χ0n) is 16.9. The van der Waals surface area contributed by atoms with Crippen LogP contribution in [0.4, 0.5) is 13.2 Å². The van der Waals surface area contributed by atoms with Gasteiger partial charge in [-0.3, -0.25) is 0 Å². The summed E-state index contributed by atoms with van der Waals surface area (Å²) in [5, 5.41) is 16.8. The first-order chi connectivity index (χ1) is 15.0. The van der Waals surface area contributed by atoms with Gasteiger partial charge >= 0.3 is 6.18 Å². The van der Waals surface area contributed by atoms with Crippen LogP contribution in [0.25, 0.3) is 5.69 Å². The van der Waals surface area contributed by atoms with Crippen molar-refractivity contribution in [1.29, 1.82) is 0 Å². The number of nitrogens with one attached hydrogen (secondary N) is 2. The van der Waals surface area contributed by atoms with E-state index in [0.29, 0.717) is 22.9 Å². The summed E-state index contributed by atoms with van der Waals surface area (Å²) < 4.78 is 45.7. The van der Waals surface area contributed by atoms with Gasteiger partial charge in [0, 0.05) is 30.6 Å². The standard InChI is InChI=1S/C21H23F3N6O/c1-31-19-8-7-16(30-20(21(22,23)24)27-28-29-30)11-15(19)12-26-18-9-10-25-13-17(18)14-5-3-2-4-6-14/h2-8,11,17-18,25-26H,9-10,12-13H2,1H3/t17-,18-/m1/s1. The molecule has 2 N–H and O–H groups in total. The van der Waals surface area contributed by atoms with Gasteiger partial charge in [-0.25, -0.2) is 0 Å². The molecule has 0 amide bonds. The summed E-state index contributed by atoms with van der Waals surface area (Å²) in [6.45, 7) is 2.20. The maximum Gasteiger partial charge on any atom is 0.453 e. The van der Waals surface area contributed by atoms with Crippen LogP contribution in [0.3, 0.4) is 0 Å². The zero-order chi connectivity index (χ0) is 21.8. The number of halogens is 3. The second kappa shape index (κ2) is 9.03. The molecule has 3 aromatic rings. The predicted molar refractivity (Wildman–Crippen MR) is 108 cm³/mol. The smallest absolute Gasteiger partial charge is 0.453 e. The third kappa shape index (κ3) is 4.70. The van der Waals surface area contributed by atoms with E-state index in [9.17, 15) is 13.2 Å². The number of ether oxygens (including phenoxy) is 1. The van der Waals surface area contributed by atoms with Gasteiger partial charge in [-0.2, -0.15) is 17.9 Å². The first kappa shape index (κ1) is 21.3. The molecule has 1 saturated heterocycles. The molecular weight excluding hydrogens is 409 g/mol. The van der Waals surface area contributed by atoms with Gasteiger partial charge in [-0.05, 0) is 47.2 Å². The van der Waals surface area contributed by atoms with Crippen LogP contribution in [0.15, 0.2) is 48.5 Å². The van der Waals surface area contributed by atoms with Crippen LogP contribution in [0.2, 0.25) is 0 Å². The number of methoxy groups -OCH3 is 1. The fraction of sp³-hybridized carbons (Fsp3) is 0.381. The molecule has 0 unspecified atom stereocenters. The Labute approximate surface area is 177 Å². The number of aromatic nitrogens is 4. The van der Waals surface area contributed by atoms with Gasteiger partial charge in [-0.15, -0.1) is 5.10 Å². The van der Waals surface area contributed by atoms with E-state index in [2.05, 4.69) is 38.3 Å². The molecule has 0 spiro atoms. The lowest BCUT2D eigenvalue weighted by Crippen LogP contribution is -2.45. The number of tetrazole rings is 1. The van der Waals surface area contributed by atoms with Crippen molar-refractivity contribution >= 4 is 0 Å². The third-order valence-corrected chi connectivity index (χ3v) is 5.50. The molecule has 1 aromatic heterocycles. The Morgan fingerprint density at radius 1 is 1.19 bits per heavy atom. The third-order valence-electron chi connectivity index (χ3n) is 5.50. The molecule has 2 heterocycles. The Morgan fingerprint density at radius 3 is 2.74 bits per heavy atom. The van der Waals surface area contributed by atoms with E-state index in [0.717, 1.165) is 25.1 Å². The minimum atomic E-state index is -4.65. The Morgan fingerprint density at radius 2 is 2.00 bits per heavy atom. The number of hydrogen-bond acceptors (Lipinski definition) is 6. The van der Waals surface area contributed by atoms with Gasteiger partial charge < -0.3 is 15.4 Å². The molecular formula is C21H23F3N6O. The van der Waals surface area contributed by atoms with E-state index < -0.39 is 12.0 Å². The lowest BCUT2D eigenvalue weighted by Gasteiger charge is -2.33. The summed E-state index contributed by atoms with van der Waals surface area (Å²) in [6.07, 6.45) is -3.72. The SMILES string of the molecule is COc1ccc(-n2nnnc2C(F)(F)F)cc1CN[C@@H]1CCNC[C@@H]1c1ccccc1. The van der Waals surface area contributed by atoms with Crippen molar-refractivity contribution < 1.29 is 17.9 Å². The fourth-order valence-electron chi connectivity index (χ4n) is 3.97. The molecule has 4 rings (SSSR count). The van der Waals surface area contributed by atoms with Crippen LogP contribution in [-0.4, -0.2) is 46.4 Å². The average molecular weight is 432 g/mol. The number of hydrogen-bond donors (Lipinski definition) is 2. The van der Waals surface area contributed by atoms with Crippen LogP contribution in [0.1, 0.15) is 29.3 Å². The highest BCUT2D eigenvalue weighted by molar-refractivity contribution is 5.44. The van der Waals surface area contributed by atoms with Crippen LogP contribution in [0.5, 0.6) is 5.75 Å². The quantitative estimate of drug-likeness (QED) is 0.624. The first-order valence-electron chi connectivity index (χ1n) is 9.99. The Hall–Kier alpha value is -2.98. The molecule has 0 bridgehead atoms. The summed E-state index contributed by atoms with van der Waals surface area (Å²) in [5.41, 5.74) is 2.20. The number of piperidine rings is 1. The molecule has 31 heavy (non-hydrogen) atoms. The van der Waals surface area contributed by atoms with E-state index in [1.165, 1.54) is 18.7 Å². The average Bonchev–Trinajstić information content (AvgIpc) is 3.29. The van der Waals surface area contributed by atoms with Crippen molar-refractivity contribution in [2.45, 2.75) is 31.1 Å². The minimum Gasteiger partial charge on any atom is -0.496 e. The number of alkyl halides is 3. The lowest BCUT2D eigenvalue weighted by atomic mass is 9.87. The van der Waals surface area contributed by atoms with Gasteiger partial charge in [0.1, 0.15) is 5.75 Å². The summed E-state index contributed by atoms with van der Waals surface area (Å²) >= 11 is 0. The molecule has 2 aromatic carbocycles. The highest BCUT2D eigenvalue weighted by atomic mass is 19.4. The molecule has 1 aliphatic rings. The number of nitrogens with zero attached hydrogens (tertiary/aromatic N) is 4. The molecule has 0 aliphatic carbocycles. The van der Waals surface area contributed by atoms with E-state index in [-0.39, 0.29) is 11.7 Å². The van der Waals surface area contributed by atoms with Crippen molar-refractivity contribution in [1.82, 2.24) is 30.8 Å². The summed E-state index contributed by atoms with van der Waals surface area (Å²) in [5.74, 6) is -0.289. The molecule has 1 fully saturated rings. The monoisotopic (exact) mass is 432 g/mol. The topological polar surface area (TPSA) is 76.9 Å². The van der Waals surface area contributed by atoms with E-state index in [1.54, 1.807) is 12.1 Å². The molecule has 1 aliphatic heterocycles. The van der Waals surface area contributed by atoms with Crippen molar-refractivity contribution in [3.05, 3.63) is 65.5 Å². The molecule has 0 radical (unpaired) electrons. The lowest BCUT2D eigenvalue weighted by molar-refractivity contribution is -0.146. The molecule has 10 heteroatoms. The Balaban J connectivity index is 1.57. The largest absolute Gasteiger partial charge is 0.496 e. The Kier molecular flexibility index (Phi) is 6.19. The molecule has 2 atom stereocenters. The second-order valence-corrected chi connectivity index (χ2v) is 7.41. The number of benzene rings is 2. The second-order valence-electron chi connectivity index (χ2n) is 7.41. The summed E-state index contributed by atoms with van der Waals surface area (Å²) in [7, 11) is 1.54. The van der Waals surface area contributed by atoms with Crippen LogP contribution >= 0.6 is 0 Å². The van der Waals surface area contributed by atoms with Gasteiger partial charge in [0.2, 0.25) is 0 Å². The van der Waals surface area contributed by atoms with Gasteiger partial charge in [0.25, 0.3) is 5.82 Å². The maximum atomic E-state index is 13.2. The van der Waals surface area contributed by atoms with Crippen molar-refractivity contribution in [3.63, 3.8) is 0 Å². The molecule has 164 valence electrons. The predicted octanol–water partition coefficient (Wildman–Crippen LogP) is 2.93. The maximum absolute atomic E-state index is 13.2. The summed E-state index contributed by atoms with van der Waals surface area (Å²) in [4.78, 5) is 0. The van der Waals surface area contributed by atoms with E-state index in [1.807, 2.05) is 18.2 Å². The van der Waals surface area contributed by atoms with Gasteiger partial charge in [-0.1, -0.05) is 30.3 Å². The summed E-state index contributed by atoms with van der Waals surface area (Å²) in [6, 6.07) is 15.2. The first-order valence-corrected chi connectivity index (χ1v) is 9.99. The van der Waals surface area contributed by atoms with Crippen molar-refractivity contribution in [2.75, 3.05) is 20.2 Å². The zero-order valence-corrected chi connectivity index (χ0v) is 16.9. The molecule has 7 nitrogen and oxygen atoms in total. The van der Waals surface area contributed by atoms with E-state index in [4.69, 9.17) is 4.74 Å². The highest BCUT2D eigenvalue weighted by Gasteiger charge is 2.38. The van der Waals surface area contributed by atoms with Crippen LogP contribution in [-0.2, 0) is 12.7 Å². The van der Waals surface area contributed by atoms with Crippen molar-refractivity contribution in [2.24, 2.45) is 0 Å². The molecule has 0 saturated carbocycles. The fourth-order valence-corrected chi connectivity index (χ4v) is 3.97. The van der Waals surface area contributed by atoms with Gasteiger partial charge in [0.05, 0.1) is 12.8 Å². The highest BCUT2D eigenvalue weighted by Crippen LogP contribution is 2.30. The van der Waals surface area contributed by atoms with Crippen LogP contribution < -0.4 is 15.4 Å². The number of rotatable bonds is 6. The normalized spacial score (nSPS) is 19.4. The van der Waals surface area contributed by atoms with Gasteiger partial charge in [0.15, 0.2) is 0 Å². The Bertz CT molecular complexity index is 1010. The van der Waals surface area contributed by atoms with E-state index >= 15 is 0 Å². The van der Waals surface area contributed by atoms with Crippen molar-refractivity contribution in [3.8, 4) is 11.4 Å². The minimum absolute atomic E-state index is 0.218. The van der Waals surface area contributed by atoms with Crippen LogP contribution in [0, 0.1) is 0 Å².